The Morgan fingerprint density at radius 1 is 0.795 bits per heavy atom. The van der Waals surface area contributed by atoms with Gasteiger partial charge >= 0.3 is 0 Å². The SMILES string of the molecule is C/C=C\C=C(/C)c1ccc2nc(CC)c([C@@H](c3ccccc3)C(CCC)c3cccc4ccccc34)cc2c1. The molecule has 5 aromatic rings. The second kappa shape index (κ2) is 12.3. The van der Waals surface area contributed by atoms with Crippen molar-refractivity contribution in [1.82, 2.24) is 4.98 Å². The zero-order valence-corrected chi connectivity index (χ0v) is 23.7. The Labute approximate surface area is 233 Å². The lowest BCUT2D eigenvalue weighted by atomic mass is 9.73. The zero-order valence-electron chi connectivity index (χ0n) is 23.7. The van der Waals surface area contributed by atoms with Crippen LogP contribution < -0.4 is 0 Å². The molecule has 0 spiro atoms. The second-order valence-electron chi connectivity index (χ2n) is 10.5. The van der Waals surface area contributed by atoms with E-state index in [1.807, 2.05) is 0 Å². The highest BCUT2D eigenvalue weighted by molar-refractivity contribution is 5.87. The highest BCUT2D eigenvalue weighted by atomic mass is 14.7. The first-order valence-corrected chi connectivity index (χ1v) is 14.4. The number of pyridine rings is 1. The summed E-state index contributed by atoms with van der Waals surface area (Å²) in [6.45, 7) is 8.79. The molecule has 0 radical (unpaired) electrons. The minimum absolute atomic E-state index is 0.215. The predicted octanol–water partition coefficient (Wildman–Crippen LogP) is 10.6. The van der Waals surface area contributed by atoms with Crippen molar-refractivity contribution < 1.29 is 0 Å². The van der Waals surface area contributed by atoms with Crippen LogP contribution in [0.15, 0.2) is 115 Å². The van der Waals surface area contributed by atoms with Gasteiger partial charge in [0.2, 0.25) is 0 Å². The maximum atomic E-state index is 5.27. The van der Waals surface area contributed by atoms with Crippen LogP contribution in [0.1, 0.15) is 80.3 Å². The molecule has 0 aliphatic carbocycles. The van der Waals surface area contributed by atoms with E-state index in [4.69, 9.17) is 4.98 Å². The lowest BCUT2D eigenvalue weighted by Crippen LogP contribution is -2.16. The van der Waals surface area contributed by atoms with Crippen molar-refractivity contribution in [2.24, 2.45) is 0 Å². The highest BCUT2D eigenvalue weighted by Crippen LogP contribution is 2.45. The topological polar surface area (TPSA) is 12.9 Å². The van der Waals surface area contributed by atoms with Gasteiger partial charge in [0, 0.05) is 17.0 Å². The van der Waals surface area contributed by atoms with Gasteiger partial charge in [-0.15, -0.1) is 0 Å². The maximum absolute atomic E-state index is 5.27. The number of rotatable bonds is 9. The third-order valence-electron chi connectivity index (χ3n) is 7.97. The van der Waals surface area contributed by atoms with Gasteiger partial charge in [0.15, 0.2) is 0 Å². The molecule has 0 amide bonds. The average Bonchev–Trinajstić information content (AvgIpc) is 2.99. The van der Waals surface area contributed by atoms with Crippen LogP contribution >= 0.6 is 0 Å². The predicted molar refractivity (Wildman–Crippen MR) is 169 cm³/mol. The van der Waals surface area contributed by atoms with Gasteiger partial charge in [0.25, 0.3) is 0 Å². The number of fused-ring (bicyclic) bond motifs is 2. The van der Waals surface area contributed by atoms with Crippen LogP contribution in [0.2, 0.25) is 0 Å². The first-order valence-electron chi connectivity index (χ1n) is 14.4. The van der Waals surface area contributed by atoms with E-state index in [0.29, 0.717) is 5.92 Å². The number of benzene rings is 4. The average molecular weight is 510 g/mol. The Bertz CT molecular complexity index is 1620. The first-order chi connectivity index (χ1) is 19.1. The third kappa shape index (κ3) is 5.59. The van der Waals surface area contributed by atoms with Crippen LogP contribution in [0.3, 0.4) is 0 Å². The summed E-state index contributed by atoms with van der Waals surface area (Å²) in [5, 5.41) is 3.88. The maximum Gasteiger partial charge on any atom is 0.0705 e. The fourth-order valence-corrected chi connectivity index (χ4v) is 6.04. The van der Waals surface area contributed by atoms with Crippen molar-refractivity contribution in [3.63, 3.8) is 0 Å². The second-order valence-corrected chi connectivity index (χ2v) is 10.5. The molecular formula is C38H39N. The summed E-state index contributed by atoms with van der Waals surface area (Å²) in [4.78, 5) is 5.27. The van der Waals surface area contributed by atoms with Crippen molar-refractivity contribution in [2.45, 2.75) is 58.8 Å². The summed E-state index contributed by atoms with van der Waals surface area (Å²) >= 11 is 0. The van der Waals surface area contributed by atoms with Gasteiger partial charge in [-0.25, -0.2) is 0 Å². The third-order valence-corrected chi connectivity index (χ3v) is 7.97. The molecule has 0 aliphatic heterocycles. The van der Waals surface area contributed by atoms with E-state index in [1.54, 1.807) is 0 Å². The molecule has 1 heterocycles. The van der Waals surface area contributed by atoms with Gasteiger partial charge in [-0.05, 0) is 89.4 Å². The standard InChI is InChI=1S/C38H39N/c1-5-8-16-27(4)30-23-24-37-31(25-30)26-35(36(7-3)39-37)38(29-18-10-9-11-19-29)34(15-6-2)33-22-14-20-28-17-12-13-21-32(28)33/h5,8-14,16-26,34,38H,6-7,15H2,1-4H3/b8-5-,27-16+/t34?,38-/m0/s1. The van der Waals surface area contributed by atoms with E-state index in [1.165, 1.54) is 49.7 Å². The first kappa shape index (κ1) is 26.6. The molecule has 1 aromatic heterocycles. The minimum Gasteiger partial charge on any atom is -0.253 e. The molecule has 1 heteroatoms. The Kier molecular flexibility index (Phi) is 8.37. The van der Waals surface area contributed by atoms with Gasteiger partial charge in [-0.2, -0.15) is 0 Å². The van der Waals surface area contributed by atoms with Crippen LogP contribution in [-0.2, 0) is 6.42 Å². The molecule has 4 aromatic carbocycles. The number of allylic oxidation sites excluding steroid dienone is 4. The van der Waals surface area contributed by atoms with Gasteiger partial charge in [-0.1, -0.05) is 117 Å². The number of aromatic nitrogens is 1. The number of hydrogen-bond donors (Lipinski definition) is 0. The van der Waals surface area contributed by atoms with E-state index in [2.05, 4.69) is 143 Å². The normalized spacial score (nSPS) is 13.8. The fraction of sp³-hybridized carbons (Fsp3) is 0.237. The molecule has 2 atom stereocenters. The number of aryl methyl sites for hydroxylation is 1. The van der Waals surface area contributed by atoms with Crippen LogP contribution in [0.4, 0.5) is 0 Å². The molecule has 0 aliphatic rings. The van der Waals surface area contributed by atoms with Crippen molar-refractivity contribution in [3.05, 3.63) is 143 Å². The molecule has 0 N–H and O–H groups in total. The van der Waals surface area contributed by atoms with Crippen molar-refractivity contribution in [3.8, 4) is 0 Å². The summed E-state index contributed by atoms with van der Waals surface area (Å²) in [7, 11) is 0. The molecular weight excluding hydrogens is 470 g/mol. The molecule has 5 rings (SSSR count). The smallest absolute Gasteiger partial charge is 0.0705 e. The summed E-state index contributed by atoms with van der Waals surface area (Å²) in [5.74, 6) is 0.555. The van der Waals surface area contributed by atoms with Crippen molar-refractivity contribution in [1.29, 1.82) is 0 Å². The lowest BCUT2D eigenvalue weighted by molar-refractivity contribution is 0.550. The van der Waals surface area contributed by atoms with Gasteiger partial charge in [-0.3, -0.25) is 4.98 Å². The van der Waals surface area contributed by atoms with Crippen molar-refractivity contribution in [2.75, 3.05) is 0 Å². The molecule has 0 saturated heterocycles. The van der Waals surface area contributed by atoms with Crippen LogP contribution in [0.25, 0.3) is 27.2 Å². The molecule has 0 fully saturated rings. The number of hydrogen-bond acceptors (Lipinski definition) is 1. The van der Waals surface area contributed by atoms with Crippen molar-refractivity contribution >= 4 is 27.2 Å². The van der Waals surface area contributed by atoms with E-state index in [0.717, 1.165) is 24.8 Å². The molecule has 196 valence electrons. The van der Waals surface area contributed by atoms with Gasteiger partial charge < -0.3 is 0 Å². The molecule has 0 saturated carbocycles. The minimum atomic E-state index is 0.215. The summed E-state index contributed by atoms with van der Waals surface area (Å²) in [5.41, 5.74) is 8.93. The monoisotopic (exact) mass is 509 g/mol. The molecule has 1 unspecified atom stereocenters. The summed E-state index contributed by atoms with van der Waals surface area (Å²) < 4.78 is 0. The Hall–Kier alpha value is -3.97. The Balaban J connectivity index is 1.76. The van der Waals surface area contributed by atoms with Crippen LogP contribution in [-0.4, -0.2) is 4.98 Å². The lowest BCUT2D eigenvalue weighted by Gasteiger charge is -2.31. The summed E-state index contributed by atoms with van der Waals surface area (Å²) in [6.07, 6.45) is 9.50. The van der Waals surface area contributed by atoms with Gasteiger partial charge in [0.1, 0.15) is 0 Å². The van der Waals surface area contributed by atoms with E-state index in [-0.39, 0.29) is 5.92 Å². The molecule has 0 bridgehead atoms. The summed E-state index contributed by atoms with van der Waals surface area (Å²) in [6, 6.07) is 35.9. The Morgan fingerprint density at radius 3 is 2.33 bits per heavy atom. The van der Waals surface area contributed by atoms with Crippen LogP contribution in [0, 0.1) is 0 Å². The fourth-order valence-electron chi connectivity index (χ4n) is 6.04. The van der Waals surface area contributed by atoms with E-state index in [9.17, 15) is 0 Å². The largest absolute Gasteiger partial charge is 0.253 e. The number of nitrogens with zero attached hydrogens (tertiary/aromatic N) is 1. The van der Waals surface area contributed by atoms with Gasteiger partial charge in [0.05, 0.1) is 5.52 Å². The molecule has 39 heavy (non-hydrogen) atoms. The van der Waals surface area contributed by atoms with E-state index < -0.39 is 0 Å². The van der Waals surface area contributed by atoms with Crippen LogP contribution in [0.5, 0.6) is 0 Å². The quantitative estimate of drug-likeness (QED) is 0.180. The Morgan fingerprint density at radius 2 is 1.56 bits per heavy atom. The van der Waals surface area contributed by atoms with E-state index >= 15 is 0 Å². The zero-order chi connectivity index (χ0) is 27.2. The molecule has 1 nitrogen and oxygen atoms in total. The highest BCUT2D eigenvalue weighted by Gasteiger charge is 2.29.